The van der Waals surface area contributed by atoms with E-state index in [4.69, 9.17) is 21.4 Å². The Labute approximate surface area is 239 Å². The fourth-order valence-corrected chi connectivity index (χ4v) is 8.21. The number of benzene rings is 3. The highest BCUT2D eigenvalue weighted by molar-refractivity contribution is 7.93. The molecule has 5 rings (SSSR count). The Balaban J connectivity index is 1.64. The first-order valence-corrected chi connectivity index (χ1v) is 15.1. The normalized spacial score (nSPS) is 14.2. The van der Waals surface area contributed by atoms with E-state index >= 15 is 0 Å². The number of nitrogens with one attached hydrogen (secondary N) is 1. The molecule has 0 amide bonds. The van der Waals surface area contributed by atoms with E-state index in [0.29, 0.717) is 47.4 Å². The van der Waals surface area contributed by atoms with Gasteiger partial charge >= 0.3 is 11.9 Å². The number of thiophene rings is 1. The van der Waals surface area contributed by atoms with Crippen molar-refractivity contribution in [2.24, 2.45) is 0 Å². The molecule has 1 saturated heterocycles. The first-order valence-electron chi connectivity index (χ1n) is 12.4. The van der Waals surface area contributed by atoms with Gasteiger partial charge in [-0.05, 0) is 55.1 Å². The molecule has 1 fully saturated rings. The van der Waals surface area contributed by atoms with Crippen LogP contribution in [0.15, 0.2) is 71.6 Å². The molecule has 0 aliphatic carbocycles. The Morgan fingerprint density at radius 1 is 1.02 bits per heavy atom. The molecule has 2 heterocycles. The number of carboxylic acids is 2. The number of aliphatic carboxylic acids is 1. The molecular weight excluding hydrogens is 576 g/mol. The Kier molecular flexibility index (Phi) is 7.99. The molecule has 0 bridgehead atoms. The van der Waals surface area contributed by atoms with Crippen molar-refractivity contribution in [3.63, 3.8) is 0 Å². The Bertz CT molecular complexity index is 1690. The standard InChI is InChI=1S/C28H25ClN2O7S2/c29-24-25(38-16-23(32)33)27(28(34)35)39-26(24)18-7-3-8-20(15-18)31(19-11-13-30-14-12-19)40(36,37)22-10-4-6-17-5-1-2-9-21(17)22/h1-10,15,19,30H,11-14,16H2,(H,32,33)(H,34,35). The van der Waals surface area contributed by atoms with Crippen LogP contribution in [0.25, 0.3) is 21.2 Å². The molecule has 3 aromatic carbocycles. The van der Waals surface area contributed by atoms with Crippen molar-refractivity contribution in [1.82, 2.24) is 5.32 Å². The lowest BCUT2D eigenvalue weighted by Gasteiger charge is -2.36. The molecule has 0 spiro atoms. The quantitative estimate of drug-likeness (QED) is 0.235. The van der Waals surface area contributed by atoms with E-state index in [2.05, 4.69) is 5.32 Å². The van der Waals surface area contributed by atoms with Gasteiger partial charge in [-0.1, -0.05) is 60.1 Å². The number of piperidine rings is 1. The van der Waals surface area contributed by atoms with E-state index < -0.39 is 28.6 Å². The van der Waals surface area contributed by atoms with Gasteiger partial charge in [-0.15, -0.1) is 11.3 Å². The zero-order valence-electron chi connectivity index (χ0n) is 21.0. The van der Waals surface area contributed by atoms with Gasteiger partial charge in [0, 0.05) is 11.4 Å². The zero-order chi connectivity index (χ0) is 28.4. The summed E-state index contributed by atoms with van der Waals surface area (Å²) in [6.45, 7) is 0.562. The maximum absolute atomic E-state index is 14.4. The van der Waals surface area contributed by atoms with Crippen molar-refractivity contribution in [2.45, 2.75) is 23.8 Å². The van der Waals surface area contributed by atoms with Gasteiger partial charge in [0.15, 0.2) is 17.2 Å². The van der Waals surface area contributed by atoms with Gasteiger partial charge in [0.2, 0.25) is 0 Å². The minimum absolute atomic E-state index is 0.0499. The molecule has 0 radical (unpaired) electrons. The van der Waals surface area contributed by atoms with Gasteiger partial charge in [-0.2, -0.15) is 0 Å². The van der Waals surface area contributed by atoms with Crippen molar-refractivity contribution in [1.29, 1.82) is 0 Å². The van der Waals surface area contributed by atoms with Gasteiger partial charge in [-0.3, -0.25) is 4.31 Å². The zero-order valence-corrected chi connectivity index (χ0v) is 23.4. The van der Waals surface area contributed by atoms with Crippen molar-refractivity contribution in [3.8, 4) is 16.2 Å². The van der Waals surface area contributed by atoms with Crippen molar-refractivity contribution in [3.05, 3.63) is 76.6 Å². The summed E-state index contributed by atoms with van der Waals surface area (Å²) < 4.78 is 35.4. The van der Waals surface area contributed by atoms with E-state index in [1.165, 1.54) is 4.31 Å². The third kappa shape index (κ3) is 5.37. The van der Waals surface area contributed by atoms with E-state index in [1.54, 1.807) is 48.5 Å². The topological polar surface area (TPSA) is 133 Å². The number of sulfonamides is 1. The summed E-state index contributed by atoms with van der Waals surface area (Å²) >= 11 is 7.35. The largest absolute Gasteiger partial charge is 0.479 e. The second-order valence-corrected chi connectivity index (χ2v) is 12.4. The van der Waals surface area contributed by atoms with Crippen LogP contribution in [0, 0.1) is 0 Å². The molecule has 3 N–H and O–H groups in total. The lowest BCUT2D eigenvalue weighted by molar-refractivity contribution is -0.139. The number of halogens is 1. The van der Waals surface area contributed by atoms with Crippen LogP contribution in [0.1, 0.15) is 22.5 Å². The number of fused-ring (bicyclic) bond motifs is 1. The molecule has 0 saturated carbocycles. The molecular formula is C28H25ClN2O7S2. The number of rotatable bonds is 9. The highest BCUT2D eigenvalue weighted by atomic mass is 35.5. The molecule has 208 valence electrons. The van der Waals surface area contributed by atoms with Gasteiger partial charge < -0.3 is 20.3 Å². The fraction of sp³-hybridized carbons (Fsp3) is 0.214. The molecule has 4 aromatic rings. The van der Waals surface area contributed by atoms with Crippen LogP contribution in [-0.2, 0) is 14.8 Å². The fourth-order valence-electron chi connectivity index (χ4n) is 4.88. The Morgan fingerprint density at radius 2 is 1.73 bits per heavy atom. The first-order chi connectivity index (χ1) is 19.2. The highest BCUT2D eigenvalue weighted by Gasteiger charge is 2.34. The molecule has 0 atom stereocenters. The van der Waals surface area contributed by atoms with E-state index in [1.807, 2.05) is 18.2 Å². The van der Waals surface area contributed by atoms with Crippen molar-refractivity contribution < 1.29 is 33.0 Å². The lowest BCUT2D eigenvalue weighted by Crippen LogP contribution is -2.46. The predicted molar refractivity (Wildman–Crippen MR) is 154 cm³/mol. The molecule has 9 nitrogen and oxygen atoms in total. The number of nitrogens with zero attached hydrogens (tertiary/aromatic N) is 1. The van der Waals surface area contributed by atoms with Crippen LogP contribution in [0.4, 0.5) is 5.69 Å². The van der Waals surface area contributed by atoms with Crippen LogP contribution in [0.5, 0.6) is 5.75 Å². The number of carboxylic acid groups (broad SMARTS) is 2. The number of carbonyl (C=O) groups is 2. The molecule has 1 aliphatic heterocycles. The Morgan fingerprint density at radius 3 is 2.45 bits per heavy atom. The average molecular weight is 601 g/mol. The number of hydrogen-bond acceptors (Lipinski definition) is 7. The number of ether oxygens (including phenoxy) is 1. The molecule has 1 aromatic heterocycles. The summed E-state index contributed by atoms with van der Waals surface area (Å²) in [5.41, 5.74) is 0.888. The maximum Gasteiger partial charge on any atom is 0.349 e. The minimum Gasteiger partial charge on any atom is -0.479 e. The lowest BCUT2D eigenvalue weighted by atomic mass is 10.1. The van der Waals surface area contributed by atoms with Crippen LogP contribution in [-0.4, -0.2) is 56.3 Å². The first kappa shape index (κ1) is 27.9. The SMILES string of the molecule is O=C(O)COc1c(C(=O)O)sc(-c2cccc(N(C3CCNCC3)S(=O)(=O)c3cccc4ccccc34)c2)c1Cl. The number of hydrogen-bond donors (Lipinski definition) is 3. The van der Waals surface area contributed by atoms with Crippen LogP contribution < -0.4 is 14.4 Å². The molecule has 40 heavy (non-hydrogen) atoms. The number of aromatic carboxylic acids is 1. The van der Waals surface area contributed by atoms with E-state index in [9.17, 15) is 23.1 Å². The van der Waals surface area contributed by atoms with Crippen LogP contribution >= 0.6 is 22.9 Å². The highest BCUT2D eigenvalue weighted by Crippen LogP contribution is 2.46. The van der Waals surface area contributed by atoms with Gasteiger partial charge in [0.25, 0.3) is 10.0 Å². The van der Waals surface area contributed by atoms with Gasteiger partial charge in [0.1, 0.15) is 5.02 Å². The third-order valence-corrected chi connectivity index (χ3v) is 10.3. The smallest absolute Gasteiger partial charge is 0.349 e. The van der Waals surface area contributed by atoms with E-state index in [-0.39, 0.29) is 26.6 Å². The van der Waals surface area contributed by atoms with Gasteiger partial charge in [-0.25, -0.2) is 18.0 Å². The van der Waals surface area contributed by atoms with Crippen molar-refractivity contribution >= 4 is 61.4 Å². The second kappa shape index (κ2) is 11.5. The maximum atomic E-state index is 14.4. The average Bonchev–Trinajstić information content (AvgIpc) is 3.28. The predicted octanol–water partition coefficient (Wildman–Crippen LogP) is 5.33. The summed E-state index contributed by atoms with van der Waals surface area (Å²) in [6.07, 6.45) is 1.20. The second-order valence-electron chi connectivity index (χ2n) is 9.20. The number of anilines is 1. The summed E-state index contributed by atoms with van der Waals surface area (Å²) in [5, 5.41) is 23.3. The summed E-state index contributed by atoms with van der Waals surface area (Å²) in [5.74, 6) is -2.83. The summed E-state index contributed by atoms with van der Waals surface area (Å²) in [6, 6.07) is 19.0. The molecule has 12 heteroatoms. The van der Waals surface area contributed by atoms with Crippen molar-refractivity contribution in [2.75, 3.05) is 24.0 Å². The Hall–Kier alpha value is -3.64. The van der Waals surface area contributed by atoms with Crippen LogP contribution in [0.2, 0.25) is 5.02 Å². The van der Waals surface area contributed by atoms with E-state index in [0.717, 1.165) is 16.7 Å². The monoisotopic (exact) mass is 600 g/mol. The minimum atomic E-state index is -4.03. The van der Waals surface area contributed by atoms with Gasteiger partial charge in [0.05, 0.1) is 15.5 Å². The molecule has 1 aliphatic rings. The summed E-state index contributed by atoms with van der Waals surface area (Å²) in [4.78, 5) is 23.2. The summed E-state index contributed by atoms with van der Waals surface area (Å²) in [7, 11) is -4.03. The van der Waals surface area contributed by atoms with Crippen LogP contribution in [0.3, 0.4) is 0 Å². The molecule has 0 unspecified atom stereocenters. The third-order valence-electron chi connectivity index (χ3n) is 6.63.